The predicted molar refractivity (Wildman–Crippen MR) is 187 cm³/mol. The van der Waals surface area contributed by atoms with Gasteiger partial charge >= 0.3 is 0 Å². The van der Waals surface area contributed by atoms with Gasteiger partial charge in [0.25, 0.3) is 0 Å². The van der Waals surface area contributed by atoms with Crippen LogP contribution < -0.4 is 16.5 Å². The van der Waals surface area contributed by atoms with Gasteiger partial charge in [-0.2, -0.15) is 4.68 Å². The molecule has 0 spiro atoms. The number of rotatable bonds is 7. The molecule has 4 nitrogen and oxygen atoms in total. The monoisotopic (exact) mass is 587 g/mol. The van der Waals surface area contributed by atoms with E-state index in [2.05, 4.69) is 157 Å². The smallest absolute Gasteiger partial charge is 0.186 e. The number of hydrogen-bond donors (Lipinski definition) is 3. The Labute approximate surface area is 264 Å². The van der Waals surface area contributed by atoms with E-state index in [1.165, 1.54) is 60.8 Å². The normalized spacial score (nSPS) is 16.4. The standard InChI is InChI=1S/C41H38N4/c1-41(2)35-21-13-12-20-31(35)33-25-34-32-23-22-30(27-14-6-3-7-15-27)24-37(32)45(38(34)26-36(33)41)44-40(29-18-10-5-11-19-29)43-39(42)28-16-8-4-9-17-28/h3-10,12-18,20-26,39-40,43-44H,11,19,42H2,1-2H3/p+1. The Morgan fingerprint density at radius 1 is 0.733 bits per heavy atom. The van der Waals surface area contributed by atoms with Crippen molar-refractivity contribution in [2.75, 3.05) is 0 Å². The van der Waals surface area contributed by atoms with Crippen molar-refractivity contribution >= 4 is 21.8 Å². The second-order valence-corrected chi connectivity index (χ2v) is 12.9. The first-order valence-electron chi connectivity index (χ1n) is 16.0. The fourth-order valence-electron chi connectivity index (χ4n) is 7.44. The Hall–Kier alpha value is -4.74. The molecular formula is C41H39N4+. The zero-order chi connectivity index (χ0) is 30.5. The van der Waals surface area contributed by atoms with Crippen molar-refractivity contribution in [2.24, 2.45) is 5.73 Å². The van der Waals surface area contributed by atoms with Gasteiger partial charge in [-0.15, -0.1) is 0 Å². The number of aromatic nitrogens is 1. The van der Waals surface area contributed by atoms with Crippen molar-refractivity contribution in [3.8, 4) is 22.3 Å². The lowest BCUT2D eigenvalue weighted by Gasteiger charge is -2.26. The van der Waals surface area contributed by atoms with E-state index < -0.39 is 0 Å². The van der Waals surface area contributed by atoms with Gasteiger partial charge in [-0.25, -0.2) is 10.7 Å². The molecular weight excluding hydrogens is 548 g/mol. The summed E-state index contributed by atoms with van der Waals surface area (Å²) in [5.41, 5.74) is 21.8. The van der Waals surface area contributed by atoms with Crippen LogP contribution in [0.2, 0.25) is 0 Å². The van der Waals surface area contributed by atoms with Crippen LogP contribution in [-0.4, -0.2) is 10.8 Å². The average Bonchev–Trinajstić information content (AvgIpc) is 3.51. The molecule has 6 aromatic rings. The number of allylic oxidation sites excluding steroid dienone is 3. The number of nitrogens with one attached hydrogen (secondary N) is 1. The lowest BCUT2D eigenvalue weighted by Crippen LogP contribution is -2.96. The SMILES string of the molecule is CC1(C)c2ccccc2-c2cc3c4ccc(-c5ccccc5)cc4n([NH2+]C(NC(N)c4ccccc4)C4=CC=CCC4)c3cc21. The van der Waals surface area contributed by atoms with Crippen LogP contribution in [0, 0.1) is 0 Å². The van der Waals surface area contributed by atoms with E-state index in [0.717, 1.165) is 18.4 Å². The lowest BCUT2D eigenvalue weighted by molar-refractivity contribution is -0.732. The highest BCUT2D eigenvalue weighted by Crippen LogP contribution is 2.50. The zero-order valence-corrected chi connectivity index (χ0v) is 25.9. The lowest BCUT2D eigenvalue weighted by atomic mass is 9.82. The quantitative estimate of drug-likeness (QED) is 0.131. The summed E-state index contributed by atoms with van der Waals surface area (Å²) in [6.07, 6.45) is 8.36. The highest BCUT2D eigenvalue weighted by Gasteiger charge is 2.36. The first-order valence-corrected chi connectivity index (χ1v) is 16.0. The molecule has 0 fully saturated rings. The van der Waals surface area contributed by atoms with Crippen molar-refractivity contribution in [3.05, 3.63) is 156 Å². The van der Waals surface area contributed by atoms with Gasteiger partial charge in [-0.3, -0.25) is 0 Å². The van der Waals surface area contributed by atoms with E-state index in [9.17, 15) is 0 Å². The van der Waals surface area contributed by atoms with E-state index in [0.29, 0.717) is 0 Å². The third-order valence-corrected chi connectivity index (χ3v) is 9.88. The number of nitrogens with two attached hydrogens (primary N) is 2. The van der Waals surface area contributed by atoms with Gasteiger partial charge in [0.15, 0.2) is 6.17 Å². The number of hydrogen-bond acceptors (Lipinski definition) is 2. The molecule has 0 saturated carbocycles. The van der Waals surface area contributed by atoms with Crippen LogP contribution in [0.5, 0.6) is 0 Å². The summed E-state index contributed by atoms with van der Waals surface area (Å²) < 4.78 is 2.44. The Bertz CT molecular complexity index is 2100. The summed E-state index contributed by atoms with van der Waals surface area (Å²) in [4.78, 5) is 0. The largest absolute Gasteiger partial charge is 0.312 e. The van der Waals surface area contributed by atoms with E-state index in [-0.39, 0.29) is 17.7 Å². The first-order chi connectivity index (χ1) is 22.0. The van der Waals surface area contributed by atoms with Crippen molar-refractivity contribution in [2.45, 2.75) is 44.4 Å². The van der Waals surface area contributed by atoms with Crippen molar-refractivity contribution in [3.63, 3.8) is 0 Å². The minimum atomic E-state index is -0.301. The van der Waals surface area contributed by atoms with E-state index in [1.807, 2.05) is 6.07 Å². The minimum Gasteiger partial charge on any atom is -0.312 e. The molecule has 222 valence electrons. The van der Waals surface area contributed by atoms with Gasteiger partial charge in [-0.05, 0) is 70.0 Å². The van der Waals surface area contributed by atoms with Crippen LogP contribution in [0.25, 0.3) is 44.1 Å². The van der Waals surface area contributed by atoms with Crippen LogP contribution in [0.4, 0.5) is 0 Å². The van der Waals surface area contributed by atoms with Crippen molar-refractivity contribution in [1.29, 1.82) is 0 Å². The van der Waals surface area contributed by atoms with E-state index in [1.54, 1.807) is 0 Å². The van der Waals surface area contributed by atoms with Gasteiger partial charge in [0.05, 0.1) is 6.17 Å². The molecule has 5 aromatic carbocycles. The molecule has 0 aliphatic heterocycles. The molecule has 0 radical (unpaired) electrons. The van der Waals surface area contributed by atoms with Crippen LogP contribution >= 0.6 is 0 Å². The zero-order valence-electron chi connectivity index (χ0n) is 25.9. The number of fused-ring (bicyclic) bond motifs is 6. The fourth-order valence-corrected chi connectivity index (χ4v) is 7.44. The van der Waals surface area contributed by atoms with Gasteiger partial charge in [0.1, 0.15) is 11.0 Å². The summed E-state index contributed by atoms with van der Waals surface area (Å²) in [6, 6.07) is 41.7. The Morgan fingerprint density at radius 2 is 1.47 bits per heavy atom. The molecule has 2 aliphatic rings. The van der Waals surface area contributed by atoms with Crippen LogP contribution in [-0.2, 0) is 5.41 Å². The third-order valence-electron chi connectivity index (χ3n) is 9.88. The molecule has 2 atom stereocenters. The van der Waals surface area contributed by atoms with E-state index in [4.69, 9.17) is 5.73 Å². The molecule has 1 aromatic heterocycles. The minimum absolute atomic E-state index is 0.0530. The maximum Gasteiger partial charge on any atom is 0.186 e. The molecule has 1 heterocycles. The number of benzene rings is 5. The topological polar surface area (TPSA) is 59.6 Å². The van der Waals surface area contributed by atoms with E-state index >= 15 is 0 Å². The highest BCUT2D eigenvalue weighted by molar-refractivity contribution is 6.11. The summed E-state index contributed by atoms with van der Waals surface area (Å²) in [5.74, 6) is 0. The second-order valence-electron chi connectivity index (χ2n) is 12.9. The molecule has 0 bridgehead atoms. The molecule has 5 N–H and O–H groups in total. The molecule has 8 rings (SSSR count). The summed E-state index contributed by atoms with van der Waals surface area (Å²) in [6.45, 7) is 4.71. The Morgan fingerprint density at radius 3 is 2.24 bits per heavy atom. The average molecular weight is 588 g/mol. The van der Waals surface area contributed by atoms with Gasteiger partial charge in [-0.1, -0.05) is 129 Å². The molecule has 0 amide bonds. The van der Waals surface area contributed by atoms with Crippen LogP contribution in [0.15, 0.2) is 139 Å². The predicted octanol–water partition coefficient (Wildman–Crippen LogP) is 7.94. The van der Waals surface area contributed by atoms with Gasteiger partial charge in [0, 0.05) is 21.8 Å². The maximum atomic E-state index is 6.83. The first kappa shape index (κ1) is 27.8. The van der Waals surface area contributed by atoms with Gasteiger partial charge < -0.3 is 5.73 Å². The molecule has 2 aliphatic carbocycles. The molecule has 4 heteroatoms. The second kappa shape index (κ2) is 11.0. The maximum absolute atomic E-state index is 6.83. The fraction of sp³-hybridized carbons (Fsp3) is 0.171. The highest BCUT2D eigenvalue weighted by atomic mass is 15.5. The van der Waals surface area contributed by atoms with Crippen LogP contribution in [0.3, 0.4) is 0 Å². The van der Waals surface area contributed by atoms with Crippen molar-refractivity contribution in [1.82, 2.24) is 9.99 Å². The van der Waals surface area contributed by atoms with Gasteiger partial charge in [0.2, 0.25) is 0 Å². The summed E-state index contributed by atoms with van der Waals surface area (Å²) in [5, 5.41) is 6.33. The Kier molecular flexibility index (Phi) is 6.80. The Balaban J connectivity index is 1.33. The number of nitrogens with zero attached hydrogens (tertiary/aromatic N) is 1. The summed E-state index contributed by atoms with van der Waals surface area (Å²) >= 11 is 0. The third kappa shape index (κ3) is 4.74. The summed E-state index contributed by atoms with van der Waals surface area (Å²) in [7, 11) is 0. The molecule has 2 unspecified atom stereocenters. The van der Waals surface area contributed by atoms with Crippen LogP contribution in [0.1, 0.15) is 49.5 Å². The molecule has 0 saturated heterocycles. The molecule has 45 heavy (non-hydrogen) atoms. The van der Waals surface area contributed by atoms with Crippen molar-refractivity contribution < 1.29 is 5.43 Å². The number of quaternary nitrogens is 1.